The fraction of sp³-hybridized carbons (Fsp3) is 0.174. The summed E-state index contributed by atoms with van der Waals surface area (Å²) in [5.74, 6) is -0.216. The first kappa shape index (κ1) is 23.4. The number of nitrogens with zero attached hydrogens (tertiary/aromatic N) is 3. The number of aromatic nitrogens is 3. The van der Waals surface area contributed by atoms with Crippen molar-refractivity contribution in [2.24, 2.45) is 0 Å². The lowest BCUT2D eigenvalue weighted by atomic mass is 10.1. The quantitative estimate of drug-likeness (QED) is 0.341. The third-order valence-electron chi connectivity index (χ3n) is 4.87. The number of Topliss-reactive ketones (excluding diaryl/α,β-unsaturated/α-hetero) is 1. The molecule has 34 heavy (non-hydrogen) atoms. The number of hydrogen-bond acceptors (Lipinski definition) is 7. The van der Waals surface area contributed by atoms with Crippen molar-refractivity contribution in [3.8, 4) is 17.0 Å². The molecular formula is C23H20ClN5O4S. The van der Waals surface area contributed by atoms with Crippen LogP contribution >= 0.6 is 22.9 Å². The van der Waals surface area contributed by atoms with Crippen LogP contribution in [0.3, 0.4) is 0 Å². The fourth-order valence-electron chi connectivity index (χ4n) is 3.31. The number of ketones is 1. The summed E-state index contributed by atoms with van der Waals surface area (Å²) in [5.41, 5.74) is 2.70. The van der Waals surface area contributed by atoms with Gasteiger partial charge in [-0.05, 0) is 30.3 Å². The van der Waals surface area contributed by atoms with Gasteiger partial charge in [-0.25, -0.2) is 4.52 Å². The summed E-state index contributed by atoms with van der Waals surface area (Å²) in [6, 6.07) is 12.1. The SMILES string of the molecule is COc1ccc(Cl)cc1C(=O)CCC(=O)Nc1nc2scc(-c3ccc(NC(C)=O)cc3)n2n1. The van der Waals surface area contributed by atoms with Crippen LogP contribution in [-0.4, -0.2) is 39.3 Å². The van der Waals surface area contributed by atoms with E-state index in [1.54, 1.807) is 28.8 Å². The molecule has 0 unspecified atom stereocenters. The van der Waals surface area contributed by atoms with E-state index in [4.69, 9.17) is 16.3 Å². The molecule has 0 aliphatic heterocycles. The standard InChI is InChI=1S/C23H20ClN5O4S/c1-13(30)25-16-6-3-14(4-7-16)18-12-34-23-27-22(28-29(18)23)26-21(32)10-8-19(31)17-11-15(24)5-9-20(17)33-2/h3-7,9,11-12H,8,10H2,1-2H3,(H,25,30)(H,26,28,32). The van der Waals surface area contributed by atoms with Crippen LogP contribution in [0.1, 0.15) is 30.1 Å². The highest BCUT2D eigenvalue weighted by molar-refractivity contribution is 7.15. The van der Waals surface area contributed by atoms with E-state index in [9.17, 15) is 14.4 Å². The Labute approximate surface area is 203 Å². The van der Waals surface area contributed by atoms with Gasteiger partial charge >= 0.3 is 0 Å². The molecule has 11 heteroatoms. The highest BCUT2D eigenvalue weighted by Crippen LogP contribution is 2.27. The topological polar surface area (TPSA) is 115 Å². The van der Waals surface area contributed by atoms with Crippen LogP contribution in [0.2, 0.25) is 5.02 Å². The Hall–Kier alpha value is -3.76. The summed E-state index contributed by atoms with van der Waals surface area (Å²) >= 11 is 7.36. The lowest BCUT2D eigenvalue weighted by Crippen LogP contribution is -2.15. The van der Waals surface area contributed by atoms with Gasteiger partial charge in [-0.1, -0.05) is 23.7 Å². The van der Waals surface area contributed by atoms with Crippen molar-refractivity contribution in [2.75, 3.05) is 17.7 Å². The number of amides is 2. The number of fused-ring (bicyclic) bond motifs is 1. The number of carbonyl (C=O) groups excluding carboxylic acids is 3. The van der Waals surface area contributed by atoms with Gasteiger partial charge in [-0.3, -0.25) is 19.7 Å². The van der Waals surface area contributed by atoms with Crippen molar-refractivity contribution in [2.45, 2.75) is 19.8 Å². The van der Waals surface area contributed by atoms with Gasteiger partial charge < -0.3 is 10.1 Å². The summed E-state index contributed by atoms with van der Waals surface area (Å²) in [5, 5.41) is 12.1. The van der Waals surface area contributed by atoms with Crippen molar-refractivity contribution < 1.29 is 19.1 Å². The predicted octanol–water partition coefficient (Wildman–Crippen LogP) is 4.68. The molecule has 0 bridgehead atoms. The zero-order valence-corrected chi connectivity index (χ0v) is 19.9. The molecule has 2 heterocycles. The van der Waals surface area contributed by atoms with Gasteiger partial charge in [0, 0.05) is 41.4 Å². The molecule has 2 amide bonds. The summed E-state index contributed by atoms with van der Waals surface area (Å²) in [4.78, 5) is 41.1. The summed E-state index contributed by atoms with van der Waals surface area (Å²) in [7, 11) is 1.47. The molecule has 2 aromatic carbocycles. The number of anilines is 2. The Balaban J connectivity index is 1.42. The highest BCUT2D eigenvalue weighted by Gasteiger charge is 2.17. The van der Waals surface area contributed by atoms with Crippen LogP contribution in [0, 0.1) is 0 Å². The summed E-state index contributed by atoms with van der Waals surface area (Å²) in [6.07, 6.45) is -0.0600. The van der Waals surface area contributed by atoms with E-state index in [1.165, 1.54) is 31.4 Å². The lowest BCUT2D eigenvalue weighted by molar-refractivity contribution is -0.116. The Bertz CT molecular complexity index is 1380. The average molecular weight is 498 g/mol. The minimum absolute atomic E-state index is 0.0172. The molecule has 9 nitrogen and oxygen atoms in total. The van der Waals surface area contributed by atoms with E-state index in [-0.39, 0.29) is 36.4 Å². The lowest BCUT2D eigenvalue weighted by Gasteiger charge is -2.08. The zero-order chi connectivity index (χ0) is 24.2. The summed E-state index contributed by atoms with van der Waals surface area (Å²) < 4.78 is 6.83. The Morgan fingerprint density at radius 3 is 2.56 bits per heavy atom. The first-order valence-electron chi connectivity index (χ1n) is 10.2. The monoisotopic (exact) mass is 497 g/mol. The zero-order valence-electron chi connectivity index (χ0n) is 18.3. The molecule has 2 aromatic heterocycles. The van der Waals surface area contributed by atoms with Crippen molar-refractivity contribution in [3.05, 3.63) is 58.4 Å². The number of carbonyl (C=O) groups is 3. The Morgan fingerprint density at radius 2 is 1.85 bits per heavy atom. The van der Waals surface area contributed by atoms with Gasteiger partial charge in [0.25, 0.3) is 0 Å². The molecule has 0 spiro atoms. The number of ether oxygens (including phenoxy) is 1. The second-order valence-electron chi connectivity index (χ2n) is 7.33. The minimum Gasteiger partial charge on any atom is -0.496 e. The first-order chi connectivity index (χ1) is 16.3. The third-order valence-corrected chi connectivity index (χ3v) is 5.93. The minimum atomic E-state index is -0.381. The van der Waals surface area contributed by atoms with Gasteiger partial charge in [-0.15, -0.1) is 16.4 Å². The number of halogens is 1. The Morgan fingerprint density at radius 1 is 1.09 bits per heavy atom. The maximum absolute atomic E-state index is 12.5. The molecule has 4 aromatic rings. The molecule has 0 radical (unpaired) electrons. The van der Waals surface area contributed by atoms with Crippen LogP contribution in [0.5, 0.6) is 5.75 Å². The number of thiazole rings is 1. The van der Waals surface area contributed by atoms with Crippen molar-refractivity contribution in [1.82, 2.24) is 14.6 Å². The maximum Gasteiger partial charge on any atom is 0.250 e. The molecule has 0 saturated carbocycles. The van der Waals surface area contributed by atoms with Crippen molar-refractivity contribution >= 4 is 57.1 Å². The second-order valence-corrected chi connectivity index (χ2v) is 8.60. The molecule has 2 N–H and O–H groups in total. The molecule has 0 saturated heterocycles. The van der Waals surface area contributed by atoms with Crippen molar-refractivity contribution in [3.63, 3.8) is 0 Å². The van der Waals surface area contributed by atoms with E-state index >= 15 is 0 Å². The molecule has 0 atom stereocenters. The first-order valence-corrected chi connectivity index (χ1v) is 11.5. The molecular weight excluding hydrogens is 478 g/mol. The van der Waals surface area contributed by atoms with E-state index in [1.807, 2.05) is 17.5 Å². The van der Waals surface area contributed by atoms with E-state index in [0.29, 0.717) is 27.0 Å². The average Bonchev–Trinajstić information content (AvgIpc) is 3.38. The number of rotatable bonds is 8. The Kier molecular flexibility index (Phi) is 6.90. The largest absolute Gasteiger partial charge is 0.496 e. The normalized spacial score (nSPS) is 10.8. The molecule has 0 fully saturated rings. The van der Waals surface area contributed by atoms with Crippen LogP contribution in [0.15, 0.2) is 47.8 Å². The van der Waals surface area contributed by atoms with Gasteiger partial charge in [-0.2, -0.15) is 4.98 Å². The van der Waals surface area contributed by atoms with E-state index in [0.717, 1.165) is 11.3 Å². The molecule has 0 aliphatic carbocycles. The van der Waals surface area contributed by atoms with Gasteiger partial charge in [0.05, 0.1) is 18.4 Å². The van der Waals surface area contributed by atoms with Crippen molar-refractivity contribution in [1.29, 1.82) is 0 Å². The number of benzene rings is 2. The second kappa shape index (κ2) is 10.0. The summed E-state index contributed by atoms with van der Waals surface area (Å²) in [6.45, 7) is 1.45. The highest BCUT2D eigenvalue weighted by atomic mass is 35.5. The van der Waals surface area contributed by atoms with Crippen LogP contribution < -0.4 is 15.4 Å². The van der Waals surface area contributed by atoms with Crippen LogP contribution in [0.4, 0.5) is 11.6 Å². The molecule has 4 rings (SSSR count). The van der Waals surface area contributed by atoms with Crippen LogP contribution in [0.25, 0.3) is 16.2 Å². The number of methoxy groups -OCH3 is 1. The van der Waals surface area contributed by atoms with Gasteiger partial charge in [0.1, 0.15) is 5.75 Å². The molecule has 174 valence electrons. The van der Waals surface area contributed by atoms with Crippen LogP contribution in [-0.2, 0) is 9.59 Å². The predicted molar refractivity (Wildman–Crippen MR) is 131 cm³/mol. The smallest absolute Gasteiger partial charge is 0.250 e. The fourth-order valence-corrected chi connectivity index (χ4v) is 4.31. The third kappa shape index (κ3) is 5.24. The number of hydrogen-bond donors (Lipinski definition) is 2. The van der Waals surface area contributed by atoms with Gasteiger partial charge in [0.2, 0.25) is 22.7 Å². The molecule has 0 aliphatic rings. The van der Waals surface area contributed by atoms with E-state index < -0.39 is 0 Å². The number of nitrogens with one attached hydrogen (secondary N) is 2. The van der Waals surface area contributed by atoms with Gasteiger partial charge in [0.15, 0.2) is 5.78 Å². The maximum atomic E-state index is 12.5. The van der Waals surface area contributed by atoms with E-state index in [2.05, 4.69) is 20.7 Å².